The molecule has 0 aromatic rings. The smallest absolute Gasteiger partial charge is 0.362 e. The van der Waals surface area contributed by atoms with Gasteiger partial charge in [0.25, 0.3) is 0 Å². The number of hydrogen-bond acceptors (Lipinski definition) is 6. The van der Waals surface area contributed by atoms with Crippen LogP contribution in [-0.4, -0.2) is 80.6 Å². The first-order chi connectivity index (χ1) is 30.1. The maximum atomic E-state index is 12.7. The molecular weight excluding hydrogens is 775 g/mol. The van der Waals surface area contributed by atoms with Crippen LogP contribution >= 0.6 is 0 Å². The topological polar surface area (TPSA) is 99.1 Å². The fraction of sp³-hybridized carbons (Fsp3) is 0.537. The highest BCUT2D eigenvalue weighted by molar-refractivity contribution is 5.72. The van der Waals surface area contributed by atoms with Gasteiger partial charge in [-0.1, -0.05) is 148 Å². The van der Waals surface area contributed by atoms with E-state index in [1.807, 2.05) is 21.1 Å². The number of aliphatic carboxylic acids is 1. The van der Waals surface area contributed by atoms with E-state index in [1.165, 1.54) is 0 Å². The number of allylic oxidation sites excluding steroid dienone is 22. The number of quaternary nitrogens is 1. The third-order valence-electron chi connectivity index (χ3n) is 9.30. The average Bonchev–Trinajstić information content (AvgIpc) is 3.23. The normalized spacial score (nSPS) is 14.1. The minimum atomic E-state index is -0.897. The van der Waals surface area contributed by atoms with Crippen LogP contribution in [0.2, 0.25) is 0 Å². The average molecular weight is 859 g/mol. The molecule has 0 radical (unpaired) electrons. The lowest BCUT2D eigenvalue weighted by Crippen LogP contribution is -2.50. The predicted octanol–water partition coefficient (Wildman–Crippen LogP) is 13.2. The molecule has 0 aliphatic heterocycles. The largest absolute Gasteiger partial charge is 0.477 e. The van der Waals surface area contributed by atoms with E-state index in [2.05, 4.69) is 148 Å². The third-order valence-corrected chi connectivity index (χ3v) is 9.30. The van der Waals surface area contributed by atoms with Crippen molar-refractivity contribution < 1.29 is 38.2 Å². The molecule has 2 unspecified atom stereocenters. The summed E-state index contributed by atoms with van der Waals surface area (Å²) in [6.07, 6.45) is 62.2. The Morgan fingerprint density at radius 1 is 0.484 bits per heavy atom. The summed E-state index contributed by atoms with van der Waals surface area (Å²) in [6.45, 7) is 4.37. The molecule has 0 bridgehead atoms. The predicted molar refractivity (Wildman–Crippen MR) is 261 cm³/mol. The van der Waals surface area contributed by atoms with E-state index in [-0.39, 0.29) is 49.1 Å². The van der Waals surface area contributed by atoms with E-state index < -0.39 is 18.1 Å². The summed E-state index contributed by atoms with van der Waals surface area (Å²) in [5, 5.41) is 9.63. The molecular formula is C54H84NO7+. The van der Waals surface area contributed by atoms with Crippen LogP contribution in [0.1, 0.15) is 136 Å². The van der Waals surface area contributed by atoms with Crippen molar-refractivity contribution in [2.45, 2.75) is 148 Å². The summed E-state index contributed by atoms with van der Waals surface area (Å²) < 4.78 is 17.2. The van der Waals surface area contributed by atoms with Crippen LogP contribution in [0.3, 0.4) is 0 Å². The van der Waals surface area contributed by atoms with E-state index >= 15 is 0 Å². The molecule has 0 aromatic heterocycles. The van der Waals surface area contributed by atoms with Gasteiger partial charge in [-0.15, -0.1) is 0 Å². The number of unbranched alkanes of at least 4 members (excludes halogenated alkanes) is 3. The molecule has 346 valence electrons. The Bertz CT molecular complexity index is 1470. The first-order valence-electron chi connectivity index (χ1n) is 23.2. The number of carboxylic acids is 1. The van der Waals surface area contributed by atoms with Gasteiger partial charge < -0.3 is 23.8 Å². The first-order valence-corrected chi connectivity index (χ1v) is 23.2. The number of esters is 2. The Hall–Kier alpha value is -4.53. The fourth-order valence-corrected chi connectivity index (χ4v) is 5.77. The summed E-state index contributed by atoms with van der Waals surface area (Å²) in [7, 11) is 5.48. The van der Waals surface area contributed by atoms with E-state index in [0.717, 1.165) is 89.9 Å². The molecule has 62 heavy (non-hydrogen) atoms. The zero-order valence-electron chi connectivity index (χ0n) is 39.3. The number of nitrogens with zero attached hydrogens (tertiary/aromatic N) is 1. The maximum absolute atomic E-state index is 12.7. The van der Waals surface area contributed by atoms with Gasteiger partial charge in [-0.25, -0.2) is 4.79 Å². The molecule has 8 heteroatoms. The van der Waals surface area contributed by atoms with Crippen LogP contribution in [0.15, 0.2) is 134 Å². The fourth-order valence-electron chi connectivity index (χ4n) is 5.77. The molecule has 1 N–H and O–H groups in total. The number of carbonyl (C=O) groups is 3. The molecule has 0 amide bonds. The molecule has 0 rings (SSSR count). The maximum Gasteiger partial charge on any atom is 0.362 e. The molecule has 0 aliphatic rings. The summed E-state index contributed by atoms with van der Waals surface area (Å²) in [5.41, 5.74) is 0. The van der Waals surface area contributed by atoms with Crippen LogP contribution in [0.5, 0.6) is 0 Å². The molecule has 0 spiro atoms. The van der Waals surface area contributed by atoms with Crippen molar-refractivity contribution in [1.82, 2.24) is 0 Å². The quantitative estimate of drug-likeness (QED) is 0.0284. The van der Waals surface area contributed by atoms with Crippen molar-refractivity contribution in [3.63, 3.8) is 0 Å². The SMILES string of the molecule is CC/C=C/C/C=C/C/C=C/C/C=C/C/C=C/C/C=C/CCCCC(=O)OCC(COCCC(C(=O)O)[N+](C)(C)C)OC(=O)CCC/C=C/C/C=C/C/C=C/C/C=C/C/C=C/CC. The molecule has 2 atom stereocenters. The minimum absolute atomic E-state index is 0.0138. The van der Waals surface area contributed by atoms with Crippen molar-refractivity contribution in [1.29, 1.82) is 0 Å². The number of carbonyl (C=O) groups excluding carboxylic acids is 2. The second-order valence-electron chi connectivity index (χ2n) is 15.9. The van der Waals surface area contributed by atoms with Gasteiger partial charge in [-0.05, 0) is 103 Å². The van der Waals surface area contributed by atoms with Gasteiger partial charge in [0.1, 0.15) is 6.61 Å². The van der Waals surface area contributed by atoms with Gasteiger partial charge >= 0.3 is 17.9 Å². The van der Waals surface area contributed by atoms with E-state index in [9.17, 15) is 19.5 Å². The number of likely N-dealkylation sites (N-methyl/N-ethyl adjacent to an activating group) is 1. The molecule has 0 heterocycles. The molecule has 0 saturated heterocycles. The highest BCUT2D eigenvalue weighted by Gasteiger charge is 2.31. The second-order valence-corrected chi connectivity index (χ2v) is 15.9. The van der Waals surface area contributed by atoms with Gasteiger partial charge in [-0.3, -0.25) is 9.59 Å². The summed E-state index contributed by atoms with van der Waals surface area (Å²) >= 11 is 0. The summed E-state index contributed by atoms with van der Waals surface area (Å²) in [4.78, 5) is 37.0. The third kappa shape index (κ3) is 40.9. The minimum Gasteiger partial charge on any atom is -0.477 e. The second kappa shape index (κ2) is 43.1. The Kier molecular flexibility index (Phi) is 40.0. The number of ether oxygens (including phenoxy) is 3. The number of carboxylic acid groups (broad SMARTS) is 1. The van der Waals surface area contributed by atoms with Gasteiger partial charge in [-0.2, -0.15) is 0 Å². The van der Waals surface area contributed by atoms with Gasteiger partial charge in [0.05, 0.1) is 34.4 Å². The van der Waals surface area contributed by atoms with Gasteiger partial charge in [0, 0.05) is 19.3 Å². The first kappa shape index (κ1) is 57.5. The highest BCUT2D eigenvalue weighted by atomic mass is 16.6. The highest BCUT2D eigenvalue weighted by Crippen LogP contribution is 2.11. The number of rotatable bonds is 39. The molecule has 0 aliphatic carbocycles. The Labute approximate surface area is 377 Å². The zero-order valence-corrected chi connectivity index (χ0v) is 39.3. The molecule has 0 saturated carbocycles. The van der Waals surface area contributed by atoms with Crippen LogP contribution < -0.4 is 0 Å². The van der Waals surface area contributed by atoms with Crippen molar-refractivity contribution in [2.75, 3.05) is 41.0 Å². The van der Waals surface area contributed by atoms with Crippen molar-refractivity contribution in [3.05, 3.63) is 134 Å². The lowest BCUT2D eigenvalue weighted by molar-refractivity contribution is -0.887. The molecule has 8 nitrogen and oxygen atoms in total. The van der Waals surface area contributed by atoms with Crippen molar-refractivity contribution in [3.8, 4) is 0 Å². The van der Waals surface area contributed by atoms with Gasteiger partial charge in [0.15, 0.2) is 12.1 Å². The van der Waals surface area contributed by atoms with Crippen LogP contribution in [0.4, 0.5) is 0 Å². The Morgan fingerprint density at radius 2 is 0.855 bits per heavy atom. The Balaban J connectivity index is 4.52. The summed E-state index contributed by atoms with van der Waals surface area (Å²) in [5.74, 6) is -1.62. The van der Waals surface area contributed by atoms with Crippen molar-refractivity contribution in [2.24, 2.45) is 0 Å². The molecule has 0 fully saturated rings. The van der Waals surface area contributed by atoms with Crippen LogP contribution in [0.25, 0.3) is 0 Å². The number of hydrogen-bond donors (Lipinski definition) is 1. The summed E-state index contributed by atoms with van der Waals surface area (Å²) in [6, 6.07) is -0.641. The van der Waals surface area contributed by atoms with Crippen LogP contribution in [0, 0.1) is 0 Å². The monoisotopic (exact) mass is 859 g/mol. The zero-order chi connectivity index (χ0) is 45.6. The Morgan fingerprint density at radius 3 is 1.24 bits per heavy atom. The van der Waals surface area contributed by atoms with E-state index in [0.29, 0.717) is 19.3 Å². The van der Waals surface area contributed by atoms with Crippen molar-refractivity contribution >= 4 is 17.9 Å². The lowest BCUT2D eigenvalue weighted by atomic mass is 10.1. The van der Waals surface area contributed by atoms with E-state index in [1.54, 1.807) is 0 Å². The standard InChI is InChI=1S/C54H83NO7/c1-6-8-10-12-14-16-18-20-22-24-25-26-27-29-30-32-34-36-38-40-42-44-52(56)61-49-50(48-60-47-46-51(54(58)59)55(3,4)5)62-53(57)45-43-41-39-37-35-33-31-28-23-21-19-17-15-13-11-9-7-2/h8-11,14-17,20-23,25-26,29-31,33-34,36-37,39,50-51H,6-7,12-13,18-19,24,27-28,32,35,38,40-49H2,1-5H3/p+1/b10-8+,11-9+,16-14+,17-15+,22-20+,23-21+,26-25+,30-29+,33-31+,36-34+,39-37+. The van der Waals surface area contributed by atoms with Crippen LogP contribution in [-0.2, 0) is 28.6 Å². The molecule has 0 aromatic carbocycles. The lowest BCUT2D eigenvalue weighted by Gasteiger charge is -2.31. The van der Waals surface area contributed by atoms with E-state index in [4.69, 9.17) is 14.2 Å². The van der Waals surface area contributed by atoms with Gasteiger partial charge in [0.2, 0.25) is 0 Å².